The van der Waals surface area contributed by atoms with Crippen molar-refractivity contribution < 1.29 is 9.90 Å². The van der Waals surface area contributed by atoms with Crippen molar-refractivity contribution in [1.29, 1.82) is 0 Å². The minimum Gasteiger partial charge on any atom is -0.387 e. The molecule has 25 heavy (non-hydrogen) atoms. The lowest BCUT2D eigenvalue weighted by Gasteiger charge is -2.34. The Hall–Kier alpha value is -1.43. The standard InChI is InChI=1S/C20H33N3O2/c1-15-9-16(2)11-18(10-15)19(24)13-22(4)12-17-5-7-23(8-6-17)14-20(25)21-3/h9-11,17,19,24H,5-8,12-14H2,1-4H3,(H,21,25). The Kier molecular flexibility index (Phi) is 7.41. The van der Waals surface area contributed by atoms with Crippen LogP contribution < -0.4 is 5.32 Å². The van der Waals surface area contributed by atoms with E-state index in [0.29, 0.717) is 19.0 Å². The Bertz CT molecular complexity index is 548. The van der Waals surface area contributed by atoms with Crippen LogP contribution in [0.25, 0.3) is 0 Å². The highest BCUT2D eigenvalue weighted by Crippen LogP contribution is 2.21. The molecule has 1 aliphatic rings. The molecule has 0 aliphatic carbocycles. The molecule has 2 N–H and O–H groups in total. The second kappa shape index (κ2) is 9.32. The van der Waals surface area contributed by atoms with Crippen LogP contribution in [0.3, 0.4) is 0 Å². The van der Waals surface area contributed by atoms with Crippen LogP contribution in [0.1, 0.15) is 35.6 Å². The molecule has 2 rings (SSSR count). The number of aryl methyl sites for hydroxylation is 2. The van der Waals surface area contributed by atoms with Gasteiger partial charge in [-0.05, 0) is 58.3 Å². The van der Waals surface area contributed by atoms with E-state index >= 15 is 0 Å². The molecular formula is C20H33N3O2. The smallest absolute Gasteiger partial charge is 0.233 e. The molecule has 1 aliphatic heterocycles. The zero-order valence-corrected chi connectivity index (χ0v) is 16.1. The summed E-state index contributed by atoms with van der Waals surface area (Å²) < 4.78 is 0. The van der Waals surface area contributed by atoms with E-state index in [1.54, 1.807) is 7.05 Å². The van der Waals surface area contributed by atoms with Gasteiger partial charge in [-0.25, -0.2) is 0 Å². The van der Waals surface area contributed by atoms with Gasteiger partial charge in [-0.2, -0.15) is 0 Å². The lowest BCUT2D eigenvalue weighted by atomic mass is 9.96. The van der Waals surface area contributed by atoms with Crippen molar-refractivity contribution in [1.82, 2.24) is 15.1 Å². The number of likely N-dealkylation sites (N-methyl/N-ethyl adjacent to an activating group) is 2. The van der Waals surface area contributed by atoms with Crippen LogP contribution in [0.15, 0.2) is 18.2 Å². The lowest BCUT2D eigenvalue weighted by Crippen LogP contribution is -2.42. The van der Waals surface area contributed by atoms with Crippen molar-refractivity contribution in [2.45, 2.75) is 32.8 Å². The molecule has 0 radical (unpaired) electrons. The first-order valence-electron chi connectivity index (χ1n) is 9.25. The van der Waals surface area contributed by atoms with Gasteiger partial charge in [0.1, 0.15) is 0 Å². The van der Waals surface area contributed by atoms with E-state index in [4.69, 9.17) is 0 Å². The van der Waals surface area contributed by atoms with Crippen LogP contribution in [0.5, 0.6) is 0 Å². The first-order valence-corrected chi connectivity index (χ1v) is 9.25. The summed E-state index contributed by atoms with van der Waals surface area (Å²) in [7, 11) is 3.77. The average Bonchev–Trinajstić information content (AvgIpc) is 2.55. The molecule has 1 aromatic carbocycles. The molecule has 1 saturated heterocycles. The lowest BCUT2D eigenvalue weighted by molar-refractivity contribution is -0.122. The Morgan fingerprint density at radius 1 is 1.28 bits per heavy atom. The fourth-order valence-corrected chi connectivity index (χ4v) is 3.73. The molecule has 1 heterocycles. The fraction of sp³-hybridized carbons (Fsp3) is 0.650. The van der Waals surface area contributed by atoms with Crippen LogP contribution in [0.2, 0.25) is 0 Å². The minimum atomic E-state index is -0.447. The number of carbonyl (C=O) groups excluding carboxylic acids is 1. The number of benzene rings is 1. The average molecular weight is 348 g/mol. The van der Waals surface area contributed by atoms with Gasteiger partial charge in [-0.15, -0.1) is 0 Å². The molecule has 1 atom stereocenters. The minimum absolute atomic E-state index is 0.0899. The van der Waals surface area contributed by atoms with E-state index < -0.39 is 6.10 Å². The van der Waals surface area contributed by atoms with Crippen LogP contribution in [0, 0.1) is 19.8 Å². The second-order valence-corrected chi connectivity index (χ2v) is 7.55. The summed E-state index contributed by atoms with van der Waals surface area (Å²) in [5, 5.41) is 13.2. The maximum absolute atomic E-state index is 11.5. The van der Waals surface area contributed by atoms with E-state index in [1.165, 1.54) is 11.1 Å². The first-order chi connectivity index (χ1) is 11.9. The number of nitrogens with zero attached hydrogens (tertiary/aromatic N) is 2. The Balaban J connectivity index is 1.77. The highest BCUT2D eigenvalue weighted by Gasteiger charge is 2.22. The number of rotatable bonds is 7. The topological polar surface area (TPSA) is 55.8 Å². The number of nitrogens with one attached hydrogen (secondary N) is 1. The molecule has 1 fully saturated rings. The highest BCUT2D eigenvalue weighted by atomic mass is 16.3. The van der Waals surface area contributed by atoms with Crippen molar-refractivity contribution in [3.8, 4) is 0 Å². The Morgan fingerprint density at radius 2 is 1.88 bits per heavy atom. The summed E-state index contributed by atoms with van der Waals surface area (Å²) >= 11 is 0. The molecule has 0 saturated carbocycles. The number of piperidine rings is 1. The quantitative estimate of drug-likeness (QED) is 0.789. The predicted octanol–water partition coefficient (Wildman–Crippen LogP) is 1.73. The summed E-state index contributed by atoms with van der Waals surface area (Å²) in [6.45, 7) is 8.25. The Morgan fingerprint density at radius 3 is 2.44 bits per heavy atom. The second-order valence-electron chi connectivity index (χ2n) is 7.55. The van der Waals surface area contributed by atoms with Gasteiger partial charge >= 0.3 is 0 Å². The van der Waals surface area contributed by atoms with E-state index in [1.807, 2.05) is 0 Å². The molecule has 1 unspecified atom stereocenters. The van der Waals surface area contributed by atoms with Crippen molar-refractivity contribution in [3.05, 3.63) is 34.9 Å². The van der Waals surface area contributed by atoms with E-state index in [0.717, 1.165) is 38.0 Å². The maximum atomic E-state index is 11.5. The van der Waals surface area contributed by atoms with E-state index in [2.05, 4.69) is 54.2 Å². The van der Waals surface area contributed by atoms with Gasteiger partial charge in [-0.1, -0.05) is 29.3 Å². The third-order valence-corrected chi connectivity index (χ3v) is 5.04. The van der Waals surface area contributed by atoms with Crippen LogP contribution >= 0.6 is 0 Å². The number of carbonyl (C=O) groups is 1. The molecule has 0 bridgehead atoms. The van der Waals surface area contributed by atoms with Gasteiger partial charge in [0, 0.05) is 20.1 Å². The number of likely N-dealkylation sites (tertiary alicyclic amines) is 1. The van der Waals surface area contributed by atoms with Gasteiger partial charge in [0.25, 0.3) is 0 Å². The third-order valence-electron chi connectivity index (χ3n) is 5.04. The molecule has 140 valence electrons. The Labute approximate surface area is 152 Å². The summed E-state index contributed by atoms with van der Waals surface area (Å²) in [6.07, 6.45) is 1.78. The molecule has 1 aromatic rings. The monoisotopic (exact) mass is 347 g/mol. The van der Waals surface area contributed by atoms with Gasteiger partial charge < -0.3 is 15.3 Å². The summed E-state index contributed by atoms with van der Waals surface area (Å²) in [6, 6.07) is 6.28. The normalized spacial score (nSPS) is 17.7. The summed E-state index contributed by atoms with van der Waals surface area (Å²) in [4.78, 5) is 15.9. The van der Waals surface area contributed by atoms with Gasteiger partial charge in [-0.3, -0.25) is 9.69 Å². The van der Waals surface area contributed by atoms with E-state index in [-0.39, 0.29) is 5.91 Å². The molecule has 0 aromatic heterocycles. The van der Waals surface area contributed by atoms with Crippen molar-refractivity contribution >= 4 is 5.91 Å². The summed E-state index contributed by atoms with van der Waals surface area (Å²) in [5.74, 6) is 0.726. The molecule has 5 nitrogen and oxygen atoms in total. The molecule has 0 spiro atoms. The first kappa shape index (κ1) is 19.9. The largest absolute Gasteiger partial charge is 0.387 e. The summed E-state index contributed by atoms with van der Waals surface area (Å²) in [5.41, 5.74) is 3.39. The number of hydrogen-bond acceptors (Lipinski definition) is 4. The molecule has 1 amide bonds. The maximum Gasteiger partial charge on any atom is 0.233 e. The van der Waals surface area contributed by atoms with Crippen molar-refractivity contribution in [2.24, 2.45) is 5.92 Å². The predicted molar refractivity (Wildman–Crippen MR) is 102 cm³/mol. The number of hydrogen-bond donors (Lipinski definition) is 2. The zero-order chi connectivity index (χ0) is 18.4. The van der Waals surface area contributed by atoms with Gasteiger partial charge in [0.05, 0.1) is 12.6 Å². The van der Waals surface area contributed by atoms with Crippen molar-refractivity contribution in [3.63, 3.8) is 0 Å². The van der Waals surface area contributed by atoms with Crippen LogP contribution in [-0.2, 0) is 4.79 Å². The fourth-order valence-electron chi connectivity index (χ4n) is 3.73. The van der Waals surface area contributed by atoms with Gasteiger partial charge in [0.15, 0.2) is 0 Å². The zero-order valence-electron chi connectivity index (χ0n) is 16.1. The van der Waals surface area contributed by atoms with Crippen molar-refractivity contribution in [2.75, 3.05) is 46.8 Å². The highest BCUT2D eigenvalue weighted by molar-refractivity contribution is 5.77. The van der Waals surface area contributed by atoms with Gasteiger partial charge in [0.2, 0.25) is 5.91 Å². The van der Waals surface area contributed by atoms with Crippen LogP contribution in [-0.4, -0.2) is 67.6 Å². The SMILES string of the molecule is CNC(=O)CN1CCC(CN(C)CC(O)c2cc(C)cc(C)c2)CC1. The molecule has 5 heteroatoms. The number of aliphatic hydroxyl groups excluding tert-OH is 1. The third kappa shape index (κ3) is 6.42. The number of aliphatic hydroxyl groups is 1. The number of amides is 1. The molecular weight excluding hydrogens is 314 g/mol. The van der Waals surface area contributed by atoms with E-state index in [9.17, 15) is 9.90 Å². The van der Waals surface area contributed by atoms with Crippen LogP contribution in [0.4, 0.5) is 0 Å².